The molecule has 0 saturated heterocycles. The van der Waals surface area contributed by atoms with Crippen molar-refractivity contribution >= 4 is 21.4 Å². The molecule has 0 fully saturated rings. The topological polar surface area (TPSA) is 74.8 Å². The Labute approximate surface area is 152 Å². The highest BCUT2D eigenvalue weighted by Gasteiger charge is 2.20. The van der Waals surface area contributed by atoms with Crippen LogP contribution in [0, 0.1) is 13.8 Å². The minimum Gasteiger partial charge on any atom is -0.282 e. The predicted molar refractivity (Wildman–Crippen MR) is 101 cm³/mol. The van der Waals surface area contributed by atoms with Gasteiger partial charge in [0.2, 0.25) is 10.0 Å². The van der Waals surface area contributed by atoms with Crippen LogP contribution in [0.4, 0.5) is 0 Å². The molecule has 0 amide bonds. The van der Waals surface area contributed by atoms with Gasteiger partial charge >= 0.3 is 0 Å². The lowest BCUT2D eigenvalue weighted by molar-refractivity contribution is 0.579. The molecular weight excluding hydrogens is 354 g/mol. The molecule has 0 aliphatic carbocycles. The van der Waals surface area contributed by atoms with Crippen molar-refractivity contribution in [1.82, 2.24) is 14.9 Å². The molecule has 0 bridgehead atoms. The molecule has 0 unspecified atom stereocenters. The minimum absolute atomic E-state index is 0.341. The monoisotopic (exact) mass is 375 g/mol. The van der Waals surface area contributed by atoms with Crippen LogP contribution in [0.5, 0.6) is 0 Å². The Morgan fingerprint density at radius 3 is 2.60 bits per heavy atom. The summed E-state index contributed by atoms with van der Waals surface area (Å²) in [6.45, 7) is 4.17. The summed E-state index contributed by atoms with van der Waals surface area (Å²) in [6.07, 6.45) is 1.61. The van der Waals surface area contributed by atoms with Crippen molar-refractivity contribution in [3.63, 3.8) is 0 Å². The average molecular weight is 376 g/mol. The molecule has 0 spiro atoms. The van der Waals surface area contributed by atoms with Gasteiger partial charge in [-0.05, 0) is 44.4 Å². The van der Waals surface area contributed by atoms with Crippen molar-refractivity contribution in [1.29, 1.82) is 0 Å². The summed E-state index contributed by atoms with van der Waals surface area (Å²) in [5.41, 5.74) is 2.94. The zero-order chi connectivity index (χ0) is 17.9. The summed E-state index contributed by atoms with van der Waals surface area (Å²) >= 11 is 1.44. The first-order valence-corrected chi connectivity index (χ1v) is 10.4. The van der Waals surface area contributed by atoms with E-state index in [0.29, 0.717) is 11.4 Å². The molecule has 0 saturated carbocycles. The molecule has 2 aromatic heterocycles. The number of hydrogen-bond donors (Lipinski definition) is 2. The average Bonchev–Trinajstić information content (AvgIpc) is 3.19. The van der Waals surface area contributed by atoms with Crippen LogP contribution in [0.3, 0.4) is 0 Å². The Kier molecular flexibility index (Phi) is 5.36. The van der Waals surface area contributed by atoms with E-state index in [-0.39, 0.29) is 0 Å². The van der Waals surface area contributed by atoms with Gasteiger partial charge in [-0.15, -0.1) is 11.3 Å². The van der Waals surface area contributed by atoms with Gasteiger partial charge in [0.1, 0.15) is 5.69 Å². The quantitative estimate of drug-likeness (QED) is 0.619. The van der Waals surface area contributed by atoms with Crippen LogP contribution in [0.15, 0.2) is 47.4 Å². The third kappa shape index (κ3) is 4.36. The lowest BCUT2D eigenvalue weighted by atomic mass is 10.1. The molecule has 1 aromatic carbocycles. The molecule has 5 nitrogen and oxygen atoms in total. The molecule has 0 aliphatic heterocycles. The van der Waals surface area contributed by atoms with E-state index < -0.39 is 10.0 Å². The fourth-order valence-electron chi connectivity index (χ4n) is 2.62. The first-order valence-electron chi connectivity index (χ1n) is 8.12. The van der Waals surface area contributed by atoms with Crippen molar-refractivity contribution < 1.29 is 8.42 Å². The largest absolute Gasteiger partial charge is 0.282 e. The second-order valence-electron chi connectivity index (χ2n) is 5.95. The zero-order valence-corrected chi connectivity index (χ0v) is 15.9. The SMILES string of the molecule is Cc1cc(-c2cc(S(=O)(=O)NCCCc3ccccc3)c(C)s2)n[nH]1. The first kappa shape index (κ1) is 17.8. The van der Waals surface area contributed by atoms with Crippen LogP contribution in [0.2, 0.25) is 0 Å². The van der Waals surface area contributed by atoms with E-state index in [0.717, 1.165) is 34.0 Å². The van der Waals surface area contributed by atoms with Crippen molar-refractivity contribution in [2.75, 3.05) is 6.54 Å². The Morgan fingerprint density at radius 2 is 1.92 bits per heavy atom. The summed E-state index contributed by atoms with van der Waals surface area (Å²) in [4.78, 5) is 1.96. The van der Waals surface area contributed by atoms with Crippen molar-refractivity contribution in [3.8, 4) is 10.6 Å². The van der Waals surface area contributed by atoms with Crippen molar-refractivity contribution in [2.24, 2.45) is 0 Å². The molecule has 3 rings (SSSR count). The van der Waals surface area contributed by atoms with E-state index in [9.17, 15) is 8.42 Å². The number of H-pyrrole nitrogens is 1. The van der Waals surface area contributed by atoms with E-state index in [2.05, 4.69) is 27.1 Å². The van der Waals surface area contributed by atoms with E-state index in [1.165, 1.54) is 16.9 Å². The van der Waals surface area contributed by atoms with Gasteiger partial charge in [-0.2, -0.15) is 5.10 Å². The van der Waals surface area contributed by atoms with Gasteiger partial charge in [0.15, 0.2) is 0 Å². The maximum atomic E-state index is 12.6. The van der Waals surface area contributed by atoms with Gasteiger partial charge in [0.25, 0.3) is 0 Å². The van der Waals surface area contributed by atoms with Crippen LogP contribution in [0.1, 0.15) is 22.6 Å². The number of hydrogen-bond acceptors (Lipinski definition) is 4. The molecular formula is C18H21N3O2S2. The third-order valence-corrected chi connectivity index (χ3v) is 6.69. The van der Waals surface area contributed by atoms with Gasteiger partial charge in [-0.3, -0.25) is 5.10 Å². The molecule has 2 heterocycles. The molecule has 7 heteroatoms. The van der Waals surface area contributed by atoms with Gasteiger partial charge in [-0.25, -0.2) is 13.1 Å². The van der Waals surface area contributed by atoms with Crippen molar-refractivity contribution in [3.05, 3.63) is 58.6 Å². The molecule has 2 N–H and O–H groups in total. The van der Waals surface area contributed by atoms with Crippen LogP contribution in [-0.2, 0) is 16.4 Å². The number of thiophene rings is 1. The number of aromatic nitrogens is 2. The minimum atomic E-state index is -3.50. The number of sulfonamides is 1. The maximum absolute atomic E-state index is 12.6. The summed E-state index contributed by atoms with van der Waals surface area (Å²) < 4.78 is 27.9. The smallest absolute Gasteiger partial charge is 0.241 e. The second-order valence-corrected chi connectivity index (χ2v) is 8.95. The Morgan fingerprint density at radius 1 is 1.16 bits per heavy atom. The normalized spacial score (nSPS) is 11.8. The Hall–Kier alpha value is -1.96. The second kappa shape index (κ2) is 7.51. The highest BCUT2D eigenvalue weighted by Crippen LogP contribution is 2.32. The van der Waals surface area contributed by atoms with Gasteiger partial charge in [0, 0.05) is 17.1 Å². The molecule has 132 valence electrons. The van der Waals surface area contributed by atoms with E-state index >= 15 is 0 Å². The van der Waals surface area contributed by atoms with Crippen LogP contribution < -0.4 is 4.72 Å². The lowest BCUT2D eigenvalue weighted by Crippen LogP contribution is -2.25. The standard InChI is InChI=1S/C18H21N3O2S2/c1-13-11-16(21-20-13)17-12-18(14(2)24-17)25(22,23)19-10-6-9-15-7-4-3-5-8-15/h3-5,7-8,11-12,19H,6,9-10H2,1-2H3,(H,20,21). The number of nitrogens with one attached hydrogen (secondary N) is 2. The molecule has 25 heavy (non-hydrogen) atoms. The van der Waals surface area contributed by atoms with Crippen LogP contribution in [0.25, 0.3) is 10.6 Å². The molecule has 0 aliphatic rings. The first-order chi connectivity index (χ1) is 12.0. The fraction of sp³-hybridized carbons (Fsp3) is 0.278. The number of nitrogens with zero attached hydrogens (tertiary/aromatic N) is 1. The third-order valence-electron chi connectivity index (χ3n) is 3.90. The number of rotatable bonds is 7. The molecule has 0 atom stereocenters. The van der Waals surface area contributed by atoms with Gasteiger partial charge in [0.05, 0.1) is 9.77 Å². The summed E-state index contributed by atoms with van der Waals surface area (Å²) in [5, 5.41) is 7.09. The Balaban J connectivity index is 1.65. The van der Waals surface area contributed by atoms with E-state index in [1.807, 2.05) is 38.1 Å². The predicted octanol–water partition coefficient (Wildman–Crippen LogP) is 3.67. The highest BCUT2D eigenvalue weighted by molar-refractivity contribution is 7.89. The number of aromatic amines is 1. The molecule has 3 aromatic rings. The van der Waals surface area contributed by atoms with Crippen LogP contribution >= 0.6 is 11.3 Å². The number of aryl methyl sites for hydroxylation is 3. The van der Waals surface area contributed by atoms with E-state index in [1.54, 1.807) is 6.07 Å². The fourth-order valence-corrected chi connectivity index (χ4v) is 5.25. The van der Waals surface area contributed by atoms with Crippen molar-refractivity contribution in [2.45, 2.75) is 31.6 Å². The van der Waals surface area contributed by atoms with Gasteiger partial charge in [-0.1, -0.05) is 30.3 Å². The number of benzene rings is 1. The Bertz CT molecular complexity index is 944. The zero-order valence-electron chi connectivity index (χ0n) is 14.2. The van der Waals surface area contributed by atoms with Crippen LogP contribution in [-0.4, -0.2) is 25.2 Å². The maximum Gasteiger partial charge on any atom is 0.241 e. The summed E-state index contributed by atoms with van der Waals surface area (Å²) in [7, 11) is -3.50. The van der Waals surface area contributed by atoms with Gasteiger partial charge < -0.3 is 0 Å². The van der Waals surface area contributed by atoms with E-state index in [4.69, 9.17) is 0 Å². The molecule has 0 radical (unpaired) electrons. The lowest BCUT2D eigenvalue weighted by Gasteiger charge is -2.06. The summed E-state index contributed by atoms with van der Waals surface area (Å²) in [6, 6.07) is 13.7. The highest BCUT2D eigenvalue weighted by atomic mass is 32.2. The summed E-state index contributed by atoms with van der Waals surface area (Å²) in [5.74, 6) is 0.